The molecule has 1 aromatic carbocycles. The fourth-order valence-corrected chi connectivity index (χ4v) is 7.01. The normalized spacial score (nSPS) is 23.1. The summed E-state index contributed by atoms with van der Waals surface area (Å²) in [4.78, 5) is 29.0. The maximum Gasteiger partial charge on any atom is 0.273 e. The molecule has 10 nitrogen and oxygen atoms in total. The molecule has 1 saturated heterocycles. The van der Waals surface area contributed by atoms with Crippen molar-refractivity contribution in [3.63, 3.8) is 0 Å². The lowest BCUT2D eigenvalue weighted by Gasteiger charge is -2.42. The van der Waals surface area contributed by atoms with Crippen molar-refractivity contribution in [3.05, 3.63) is 45.7 Å². The first-order valence-electron chi connectivity index (χ1n) is 13.1. The Bertz CT molecular complexity index is 1350. The number of nitrogens with zero attached hydrogens (tertiary/aromatic N) is 4. The highest BCUT2D eigenvalue weighted by atomic mass is 35.5. The van der Waals surface area contributed by atoms with Gasteiger partial charge in [0.15, 0.2) is 6.17 Å². The van der Waals surface area contributed by atoms with E-state index in [1.54, 1.807) is 13.1 Å². The maximum atomic E-state index is 13.9. The van der Waals surface area contributed by atoms with Crippen LogP contribution < -0.4 is 11.1 Å². The van der Waals surface area contributed by atoms with Crippen LogP contribution in [0, 0.1) is 0 Å². The predicted octanol–water partition coefficient (Wildman–Crippen LogP) is 3.27. The molecule has 1 aromatic heterocycles. The van der Waals surface area contributed by atoms with E-state index in [0.29, 0.717) is 25.0 Å². The molecule has 2 fully saturated rings. The number of nitrogens with two attached hydrogens (primary N) is 1. The Morgan fingerprint density at radius 3 is 2.31 bits per heavy atom. The van der Waals surface area contributed by atoms with Gasteiger partial charge in [0, 0.05) is 37.6 Å². The quantitative estimate of drug-likeness (QED) is 0.543. The van der Waals surface area contributed by atoms with Crippen LogP contribution >= 0.6 is 23.2 Å². The Balaban J connectivity index is 1.73. The SMILES string of the molecule is Cn1nc(C(C)(C)C)cc1C(=O)N1CCCN(S(=O)(=O)c2ccc(Cl)c(Cl)c2)C1C(=O)NC1CCC(N)CC1. The van der Waals surface area contributed by atoms with Gasteiger partial charge in [-0.2, -0.15) is 9.40 Å². The van der Waals surface area contributed by atoms with E-state index in [9.17, 15) is 18.0 Å². The number of hydrogen-bond acceptors (Lipinski definition) is 6. The largest absolute Gasteiger partial charge is 0.350 e. The molecule has 1 saturated carbocycles. The highest BCUT2D eigenvalue weighted by Crippen LogP contribution is 2.31. The smallest absolute Gasteiger partial charge is 0.273 e. The summed E-state index contributed by atoms with van der Waals surface area (Å²) in [6.07, 6.45) is 1.84. The standard InChI is InChI=1S/C26H36Cl2N6O4S/c1-26(2,3)22-15-21(32(4)31-22)25(36)33-12-5-13-34(39(37,38)18-10-11-19(27)20(28)14-18)24(33)23(35)30-17-8-6-16(29)7-9-17/h10-11,14-17,24H,5-9,12-13,29H2,1-4H3,(H,30,35). The molecular weight excluding hydrogens is 563 g/mol. The summed E-state index contributed by atoms with van der Waals surface area (Å²) in [5.41, 5.74) is 6.71. The van der Waals surface area contributed by atoms with E-state index in [1.807, 2.05) is 20.8 Å². The summed E-state index contributed by atoms with van der Waals surface area (Å²) in [7, 11) is -2.57. The fourth-order valence-electron chi connectivity index (χ4n) is 5.03. The minimum atomic E-state index is -4.23. The fraction of sp³-hybridized carbons (Fsp3) is 0.577. The monoisotopic (exact) mass is 598 g/mol. The van der Waals surface area contributed by atoms with E-state index in [1.165, 1.54) is 27.8 Å². The number of carbonyl (C=O) groups excluding carboxylic acids is 2. The first-order valence-corrected chi connectivity index (χ1v) is 15.3. The summed E-state index contributed by atoms with van der Waals surface area (Å²) in [6.45, 7) is 6.22. The summed E-state index contributed by atoms with van der Waals surface area (Å²) in [5.74, 6) is -1.02. The van der Waals surface area contributed by atoms with E-state index in [4.69, 9.17) is 28.9 Å². The third kappa shape index (κ3) is 6.27. The molecule has 2 aliphatic rings. The van der Waals surface area contributed by atoms with Gasteiger partial charge in [0.25, 0.3) is 11.8 Å². The van der Waals surface area contributed by atoms with Crippen LogP contribution in [0.2, 0.25) is 10.0 Å². The van der Waals surface area contributed by atoms with Gasteiger partial charge in [-0.3, -0.25) is 14.3 Å². The van der Waals surface area contributed by atoms with Crippen LogP contribution in [0.4, 0.5) is 0 Å². The van der Waals surface area contributed by atoms with Gasteiger partial charge in [0.05, 0.1) is 20.6 Å². The zero-order valence-electron chi connectivity index (χ0n) is 22.7. The van der Waals surface area contributed by atoms with Crippen LogP contribution in [0.15, 0.2) is 29.2 Å². The third-order valence-electron chi connectivity index (χ3n) is 7.32. The Hall–Kier alpha value is -2.18. The van der Waals surface area contributed by atoms with Crippen LogP contribution in [-0.2, 0) is 27.3 Å². The Morgan fingerprint density at radius 1 is 1.05 bits per heavy atom. The van der Waals surface area contributed by atoms with Crippen molar-refractivity contribution in [2.75, 3.05) is 13.1 Å². The summed E-state index contributed by atoms with van der Waals surface area (Å²) >= 11 is 12.2. The van der Waals surface area contributed by atoms with Crippen LogP contribution in [0.25, 0.3) is 0 Å². The van der Waals surface area contributed by atoms with Gasteiger partial charge < -0.3 is 16.0 Å². The lowest BCUT2D eigenvalue weighted by molar-refractivity contribution is -0.132. The predicted molar refractivity (Wildman–Crippen MR) is 150 cm³/mol. The molecule has 0 radical (unpaired) electrons. The molecule has 3 N–H and O–H groups in total. The molecule has 2 aromatic rings. The molecule has 2 amide bonds. The van der Waals surface area contributed by atoms with Gasteiger partial charge in [0.1, 0.15) is 5.69 Å². The zero-order valence-corrected chi connectivity index (χ0v) is 25.0. The number of sulfonamides is 1. The summed E-state index contributed by atoms with van der Waals surface area (Å²) < 4.78 is 30.3. The van der Waals surface area contributed by atoms with E-state index in [-0.39, 0.29) is 51.2 Å². The highest BCUT2D eigenvalue weighted by molar-refractivity contribution is 7.89. The number of carbonyl (C=O) groups is 2. The number of halogens is 2. The minimum Gasteiger partial charge on any atom is -0.350 e. The number of hydrogen-bond donors (Lipinski definition) is 2. The number of amides is 2. The molecule has 2 heterocycles. The third-order valence-corrected chi connectivity index (χ3v) is 9.91. The first-order chi connectivity index (χ1) is 18.2. The van der Waals surface area contributed by atoms with Gasteiger partial charge in [-0.05, 0) is 56.4 Å². The zero-order chi connectivity index (χ0) is 28.7. The molecular formula is C26H36Cl2N6O4S. The second kappa shape index (κ2) is 11.4. The van der Waals surface area contributed by atoms with E-state index < -0.39 is 28.0 Å². The van der Waals surface area contributed by atoms with Gasteiger partial charge in [-0.15, -0.1) is 0 Å². The van der Waals surface area contributed by atoms with Gasteiger partial charge in [-0.1, -0.05) is 44.0 Å². The van der Waals surface area contributed by atoms with E-state index in [2.05, 4.69) is 10.4 Å². The summed E-state index contributed by atoms with van der Waals surface area (Å²) in [6, 6.07) is 5.63. The molecule has 4 rings (SSSR count). The van der Waals surface area contributed by atoms with Gasteiger partial charge >= 0.3 is 0 Å². The van der Waals surface area contributed by atoms with Crippen molar-refractivity contribution in [2.45, 2.75) is 81.4 Å². The average Bonchev–Trinajstić information content (AvgIpc) is 3.28. The average molecular weight is 600 g/mol. The number of nitrogens with one attached hydrogen (secondary N) is 1. The van der Waals surface area contributed by atoms with Crippen molar-refractivity contribution in [1.82, 2.24) is 24.3 Å². The van der Waals surface area contributed by atoms with Crippen LogP contribution in [0.5, 0.6) is 0 Å². The highest BCUT2D eigenvalue weighted by Gasteiger charge is 2.45. The van der Waals surface area contributed by atoms with Crippen LogP contribution in [-0.4, -0.2) is 70.6 Å². The van der Waals surface area contributed by atoms with Crippen molar-refractivity contribution in [2.24, 2.45) is 12.8 Å². The molecule has 1 atom stereocenters. The van der Waals surface area contributed by atoms with Crippen molar-refractivity contribution in [1.29, 1.82) is 0 Å². The second-order valence-electron chi connectivity index (χ2n) is 11.3. The molecule has 214 valence electrons. The van der Waals surface area contributed by atoms with Gasteiger partial charge in [-0.25, -0.2) is 8.42 Å². The first kappa shape index (κ1) is 29.8. The van der Waals surface area contributed by atoms with Crippen LogP contribution in [0.1, 0.15) is 69.1 Å². The molecule has 0 spiro atoms. The Kier molecular flexibility index (Phi) is 8.68. The molecule has 1 aliphatic carbocycles. The van der Waals surface area contributed by atoms with E-state index >= 15 is 0 Å². The van der Waals surface area contributed by atoms with Gasteiger partial charge in [0.2, 0.25) is 10.0 Å². The van der Waals surface area contributed by atoms with Crippen molar-refractivity contribution >= 4 is 45.0 Å². The molecule has 1 unspecified atom stereocenters. The second-order valence-corrected chi connectivity index (χ2v) is 14.0. The molecule has 39 heavy (non-hydrogen) atoms. The number of aryl methyl sites for hydroxylation is 1. The Morgan fingerprint density at radius 2 is 1.72 bits per heavy atom. The van der Waals surface area contributed by atoms with E-state index in [0.717, 1.165) is 17.1 Å². The summed E-state index contributed by atoms with van der Waals surface area (Å²) in [5, 5.41) is 7.78. The number of aromatic nitrogens is 2. The number of benzene rings is 1. The molecule has 0 bridgehead atoms. The maximum absolute atomic E-state index is 13.9. The van der Waals surface area contributed by atoms with Crippen molar-refractivity contribution < 1.29 is 18.0 Å². The number of rotatable bonds is 5. The lowest BCUT2D eigenvalue weighted by Crippen LogP contribution is -2.64. The molecule has 13 heteroatoms. The molecule has 1 aliphatic heterocycles. The van der Waals surface area contributed by atoms with Crippen molar-refractivity contribution in [3.8, 4) is 0 Å². The minimum absolute atomic E-state index is 0.0542. The topological polar surface area (TPSA) is 131 Å². The Labute approximate surface area is 239 Å². The van der Waals surface area contributed by atoms with Crippen LogP contribution in [0.3, 0.4) is 0 Å². The lowest BCUT2D eigenvalue weighted by atomic mass is 9.91.